The molecule has 1 aliphatic carbocycles. The topological polar surface area (TPSA) is 24.4 Å². The summed E-state index contributed by atoms with van der Waals surface area (Å²) in [6, 6.07) is 20.3. The molecule has 0 fully saturated rings. The molecule has 3 heteroatoms. The minimum absolute atomic E-state index is 0. The maximum Gasteiger partial charge on any atom is 0.0629 e. The summed E-state index contributed by atoms with van der Waals surface area (Å²) < 4.78 is 0. The largest absolute Gasteiger partial charge is 0.361 e. The van der Waals surface area contributed by atoms with Gasteiger partial charge in [-0.1, -0.05) is 42.5 Å². The fraction of sp³-hybridized carbons (Fsp3) is 0.150. The van der Waals surface area contributed by atoms with Crippen molar-refractivity contribution in [3.05, 3.63) is 84.1 Å². The van der Waals surface area contributed by atoms with Crippen LogP contribution in [0.25, 0.3) is 0 Å². The molecule has 0 amide bonds. The first-order valence-electron chi connectivity index (χ1n) is 7.70. The molecule has 118 valence electrons. The summed E-state index contributed by atoms with van der Waals surface area (Å²) in [6.45, 7) is 0. The molecule has 0 spiro atoms. The predicted octanol–water partition coefficient (Wildman–Crippen LogP) is 5.92. The molecule has 0 saturated carbocycles. The van der Waals surface area contributed by atoms with Gasteiger partial charge in [0, 0.05) is 18.1 Å². The van der Waals surface area contributed by atoms with E-state index in [2.05, 4.69) is 34.7 Å². The van der Waals surface area contributed by atoms with Crippen molar-refractivity contribution in [2.45, 2.75) is 19.3 Å². The monoisotopic (exact) mass is 324 g/mol. The summed E-state index contributed by atoms with van der Waals surface area (Å²) in [5.74, 6) is 0. The number of halogens is 1. The van der Waals surface area contributed by atoms with Crippen molar-refractivity contribution in [3.63, 3.8) is 0 Å². The molecule has 0 unspecified atom stereocenters. The number of anilines is 1. The fourth-order valence-electron chi connectivity index (χ4n) is 2.48. The van der Waals surface area contributed by atoms with Crippen LogP contribution in [0.15, 0.2) is 89.1 Å². The van der Waals surface area contributed by atoms with E-state index in [0.717, 1.165) is 24.2 Å². The number of para-hydroxylation sites is 2. The number of nitrogens with one attached hydrogen (secondary N) is 1. The Labute approximate surface area is 144 Å². The van der Waals surface area contributed by atoms with Crippen LogP contribution in [-0.2, 0) is 0 Å². The third-order valence-electron chi connectivity index (χ3n) is 3.64. The van der Waals surface area contributed by atoms with Crippen LogP contribution >= 0.6 is 12.4 Å². The Hall–Kier alpha value is -2.32. The molecule has 23 heavy (non-hydrogen) atoms. The molecule has 0 saturated heterocycles. The van der Waals surface area contributed by atoms with Gasteiger partial charge in [0.05, 0.1) is 5.69 Å². The van der Waals surface area contributed by atoms with Gasteiger partial charge in [0.15, 0.2) is 0 Å². The molecular formula is C20H21ClN2. The van der Waals surface area contributed by atoms with Crippen molar-refractivity contribution in [2.75, 3.05) is 5.32 Å². The van der Waals surface area contributed by atoms with Gasteiger partial charge in [-0.25, -0.2) is 0 Å². The summed E-state index contributed by atoms with van der Waals surface area (Å²) in [7, 11) is 0. The first kappa shape index (κ1) is 17.0. The Kier molecular flexibility index (Phi) is 6.64. The SMILES string of the molecule is C(=Nc1ccccc1)C1=C/C(=C/Nc2ccccc2)CCC1.Cl. The Morgan fingerprint density at radius 2 is 1.57 bits per heavy atom. The molecular weight excluding hydrogens is 304 g/mol. The summed E-state index contributed by atoms with van der Waals surface area (Å²) in [5, 5.41) is 3.36. The predicted molar refractivity (Wildman–Crippen MR) is 102 cm³/mol. The summed E-state index contributed by atoms with van der Waals surface area (Å²) in [5.41, 5.74) is 4.73. The van der Waals surface area contributed by atoms with E-state index in [9.17, 15) is 0 Å². The van der Waals surface area contributed by atoms with Crippen molar-refractivity contribution < 1.29 is 0 Å². The normalized spacial score (nSPS) is 16.0. The number of benzene rings is 2. The smallest absolute Gasteiger partial charge is 0.0629 e. The van der Waals surface area contributed by atoms with Gasteiger partial charge >= 0.3 is 0 Å². The van der Waals surface area contributed by atoms with Crippen LogP contribution in [-0.4, -0.2) is 6.21 Å². The van der Waals surface area contributed by atoms with E-state index in [1.165, 1.54) is 17.6 Å². The van der Waals surface area contributed by atoms with Gasteiger partial charge in [0.1, 0.15) is 0 Å². The Morgan fingerprint density at radius 1 is 0.870 bits per heavy atom. The van der Waals surface area contributed by atoms with Crippen LogP contribution in [0.3, 0.4) is 0 Å². The lowest BCUT2D eigenvalue weighted by atomic mass is 9.96. The molecule has 2 aromatic rings. The molecule has 2 aromatic carbocycles. The van der Waals surface area contributed by atoms with Gasteiger partial charge in [0.2, 0.25) is 0 Å². The maximum atomic E-state index is 4.54. The number of hydrogen-bond donors (Lipinski definition) is 1. The van der Waals surface area contributed by atoms with Gasteiger partial charge in [-0.15, -0.1) is 12.4 Å². The van der Waals surface area contributed by atoms with Gasteiger partial charge in [0.25, 0.3) is 0 Å². The van der Waals surface area contributed by atoms with E-state index < -0.39 is 0 Å². The van der Waals surface area contributed by atoms with Crippen molar-refractivity contribution in [3.8, 4) is 0 Å². The van der Waals surface area contributed by atoms with Crippen LogP contribution in [0.5, 0.6) is 0 Å². The second-order valence-corrected chi connectivity index (χ2v) is 5.40. The van der Waals surface area contributed by atoms with Gasteiger partial charge in [-0.3, -0.25) is 4.99 Å². The van der Waals surface area contributed by atoms with Crippen molar-refractivity contribution in [1.29, 1.82) is 0 Å². The Balaban J connectivity index is 0.00000192. The summed E-state index contributed by atoms with van der Waals surface area (Å²) in [6.07, 6.45) is 9.72. The van der Waals surface area contributed by atoms with E-state index in [1.54, 1.807) is 0 Å². The minimum Gasteiger partial charge on any atom is -0.361 e. The third-order valence-corrected chi connectivity index (χ3v) is 3.64. The van der Waals surface area contributed by atoms with Crippen molar-refractivity contribution in [1.82, 2.24) is 0 Å². The molecule has 1 N–H and O–H groups in total. The van der Waals surface area contributed by atoms with E-state index >= 15 is 0 Å². The molecule has 3 rings (SSSR count). The average Bonchev–Trinajstić information content (AvgIpc) is 2.60. The maximum absolute atomic E-state index is 4.54. The lowest BCUT2D eigenvalue weighted by molar-refractivity contribution is 0.806. The zero-order valence-corrected chi connectivity index (χ0v) is 13.8. The van der Waals surface area contributed by atoms with E-state index in [1.807, 2.05) is 54.7 Å². The van der Waals surface area contributed by atoms with Crippen LogP contribution < -0.4 is 5.32 Å². The van der Waals surface area contributed by atoms with Gasteiger partial charge < -0.3 is 5.32 Å². The number of rotatable bonds is 4. The Bertz CT molecular complexity index is 688. The number of aliphatic imine (C=N–C) groups is 1. The molecule has 0 aliphatic heterocycles. The standard InChI is InChI=1S/C20H20N2.ClH/c1-3-10-19(11-4-1)21-15-17-8-7-9-18(14-17)16-22-20-12-5-2-6-13-20;/h1-6,10-16,21H,7-9H2;1H/b17-15+,22-16?;. The number of hydrogen-bond acceptors (Lipinski definition) is 2. The fourth-order valence-corrected chi connectivity index (χ4v) is 2.48. The first-order valence-corrected chi connectivity index (χ1v) is 7.70. The molecule has 0 heterocycles. The van der Waals surface area contributed by atoms with E-state index in [4.69, 9.17) is 0 Å². The molecule has 1 aliphatic rings. The molecule has 0 atom stereocenters. The minimum atomic E-state index is 0. The quantitative estimate of drug-likeness (QED) is 0.694. The Morgan fingerprint density at radius 3 is 2.30 bits per heavy atom. The van der Waals surface area contributed by atoms with Crippen LogP contribution in [0.4, 0.5) is 11.4 Å². The lowest BCUT2D eigenvalue weighted by Gasteiger charge is -2.12. The highest BCUT2D eigenvalue weighted by Gasteiger charge is 2.05. The highest BCUT2D eigenvalue weighted by Crippen LogP contribution is 2.22. The second-order valence-electron chi connectivity index (χ2n) is 5.40. The molecule has 2 nitrogen and oxygen atoms in total. The van der Waals surface area contributed by atoms with Crippen molar-refractivity contribution >= 4 is 30.0 Å². The zero-order valence-electron chi connectivity index (χ0n) is 13.0. The highest BCUT2D eigenvalue weighted by atomic mass is 35.5. The average molecular weight is 325 g/mol. The highest BCUT2D eigenvalue weighted by molar-refractivity contribution is 5.85. The lowest BCUT2D eigenvalue weighted by Crippen LogP contribution is -1.98. The van der Waals surface area contributed by atoms with Gasteiger partial charge in [-0.2, -0.15) is 0 Å². The van der Waals surface area contributed by atoms with Crippen molar-refractivity contribution in [2.24, 2.45) is 4.99 Å². The van der Waals surface area contributed by atoms with Crippen LogP contribution in [0.2, 0.25) is 0 Å². The number of nitrogens with zero attached hydrogens (tertiary/aromatic N) is 1. The van der Waals surface area contributed by atoms with E-state index in [-0.39, 0.29) is 12.4 Å². The van der Waals surface area contributed by atoms with Crippen LogP contribution in [0.1, 0.15) is 19.3 Å². The second kappa shape index (κ2) is 8.96. The molecule has 0 radical (unpaired) electrons. The summed E-state index contributed by atoms with van der Waals surface area (Å²) in [4.78, 5) is 4.54. The van der Waals surface area contributed by atoms with Crippen LogP contribution in [0, 0.1) is 0 Å². The zero-order chi connectivity index (χ0) is 15.0. The third kappa shape index (κ3) is 5.42. The molecule has 0 bridgehead atoms. The molecule has 0 aromatic heterocycles. The summed E-state index contributed by atoms with van der Waals surface area (Å²) >= 11 is 0. The number of allylic oxidation sites excluding steroid dienone is 3. The first-order chi connectivity index (χ1) is 10.9. The van der Waals surface area contributed by atoms with Gasteiger partial charge in [-0.05, 0) is 54.7 Å². The van der Waals surface area contributed by atoms with E-state index in [0.29, 0.717) is 0 Å².